The van der Waals surface area contributed by atoms with Crippen molar-refractivity contribution in [3.63, 3.8) is 0 Å². The van der Waals surface area contributed by atoms with Crippen LogP contribution in [0.1, 0.15) is 79.2 Å². The molecule has 1 fully saturated rings. The van der Waals surface area contributed by atoms with E-state index in [-0.39, 0.29) is 0 Å². The van der Waals surface area contributed by atoms with Crippen molar-refractivity contribution < 1.29 is 4.74 Å². The van der Waals surface area contributed by atoms with E-state index in [9.17, 15) is 0 Å². The Morgan fingerprint density at radius 1 is 1.14 bits per heavy atom. The number of rotatable bonds is 14. The number of hydrogen-bond acceptors (Lipinski definition) is 5. The zero-order valence-electron chi connectivity index (χ0n) is 23.6. The molecule has 0 spiro atoms. The lowest BCUT2D eigenvalue weighted by molar-refractivity contribution is 0.105. The Hall–Kier alpha value is -1.46. The van der Waals surface area contributed by atoms with Gasteiger partial charge < -0.3 is 9.64 Å². The highest BCUT2D eigenvalue weighted by atomic mass is 32.2. The number of hydrogen-bond donors (Lipinski definition) is 0. The Bertz CT molecular complexity index is 801. The van der Waals surface area contributed by atoms with Crippen molar-refractivity contribution in [2.75, 3.05) is 51.3 Å². The van der Waals surface area contributed by atoms with Crippen LogP contribution in [-0.2, 0) is 0 Å². The molecule has 198 valence electrons. The topological polar surface area (TPSA) is 28.1 Å². The lowest BCUT2D eigenvalue weighted by Gasteiger charge is -2.40. The highest BCUT2D eigenvalue weighted by molar-refractivity contribution is 8.17. The van der Waals surface area contributed by atoms with Gasteiger partial charge in [0.25, 0.3) is 0 Å². The molecule has 0 N–H and O–H groups in total. The Kier molecular flexibility index (Phi) is 13.3. The zero-order valence-corrected chi connectivity index (χ0v) is 24.4. The maximum atomic E-state index is 5.79. The van der Waals surface area contributed by atoms with E-state index < -0.39 is 0 Å². The monoisotopic (exact) mass is 501 g/mol. The molecule has 1 aromatic rings. The van der Waals surface area contributed by atoms with Gasteiger partial charge in [0.15, 0.2) is 0 Å². The summed E-state index contributed by atoms with van der Waals surface area (Å²) in [5.41, 5.74) is 2.33. The second kappa shape index (κ2) is 15.6. The number of thioether (sulfide) groups is 1. The van der Waals surface area contributed by atoms with Gasteiger partial charge in [-0.05, 0) is 73.5 Å². The second-order valence-corrected chi connectivity index (χ2v) is 11.5. The average molecular weight is 502 g/mol. The minimum Gasteiger partial charge on any atom is -0.496 e. The first-order chi connectivity index (χ1) is 16.9. The fraction of sp³-hybridized carbons (Fsp3) is 0.700. The lowest BCUT2D eigenvalue weighted by atomic mass is 9.81. The fourth-order valence-corrected chi connectivity index (χ4v) is 6.27. The summed E-state index contributed by atoms with van der Waals surface area (Å²) in [6.07, 6.45) is 6.25. The van der Waals surface area contributed by atoms with Crippen molar-refractivity contribution in [1.82, 2.24) is 4.90 Å². The van der Waals surface area contributed by atoms with Crippen LogP contribution in [0.3, 0.4) is 0 Å². The van der Waals surface area contributed by atoms with E-state index >= 15 is 0 Å². The predicted octanol–water partition coefficient (Wildman–Crippen LogP) is 7.73. The molecule has 1 aliphatic rings. The summed E-state index contributed by atoms with van der Waals surface area (Å²) in [6, 6.07) is 6.56. The number of likely N-dealkylation sites (tertiary alicyclic amines) is 1. The van der Waals surface area contributed by atoms with Crippen LogP contribution in [-0.4, -0.2) is 56.3 Å². The molecule has 1 saturated heterocycles. The van der Waals surface area contributed by atoms with Crippen LogP contribution in [0.15, 0.2) is 34.7 Å². The van der Waals surface area contributed by atoms with Crippen molar-refractivity contribution in [3.8, 4) is 5.75 Å². The molecule has 2 atom stereocenters. The summed E-state index contributed by atoms with van der Waals surface area (Å²) < 4.78 is 5.79. The molecule has 0 radical (unpaired) electrons. The van der Waals surface area contributed by atoms with Crippen molar-refractivity contribution >= 4 is 22.5 Å². The molecule has 2 rings (SSSR count). The standard InChI is InChI=1S/C30H51N3OS/c1-9-13-25-18-26(23(5)6)22-32(21-25)20-24(7)35-30(31-12-4)28-19-27(14-15-29(28)34-8)33(16-10-2)17-11-3/h14-15,19,23,25-26H,7,9-13,16-18,20-22H2,1-6,8H3. The molecule has 4 nitrogen and oxygen atoms in total. The van der Waals surface area contributed by atoms with Gasteiger partial charge in [0, 0.05) is 45.0 Å². The number of ether oxygens (including phenoxy) is 1. The van der Waals surface area contributed by atoms with Gasteiger partial charge >= 0.3 is 0 Å². The van der Waals surface area contributed by atoms with Gasteiger partial charge in [-0.1, -0.05) is 59.4 Å². The van der Waals surface area contributed by atoms with E-state index in [0.717, 1.165) is 73.1 Å². The molecule has 1 heterocycles. The Morgan fingerprint density at radius 2 is 1.86 bits per heavy atom. The van der Waals surface area contributed by atoms with E-state index in [2.05, 4.69) is 76.1 Å². The van der Waals surface area contributed by atoms with Crippen LogP contribution < -0.4 is 9.64 Å². The van der Waals surface area contributed by atoms with E-state index in [1.807, 2.05) is 0 Å². The smallest absolute Gasteiger partial charge is 0.128 e. The predicted molar refractivity (Wildman–Crippen MR) is 157 cm³/mol. The van der Waals surface area contributed by atoms with E-state index in [4.69, 9.17) is 9.73 Å². The summed E-state index contributed by atoms with van der Waals surface area (Å²) >= 11 is 1.73. The molecule has 1 aromatic carbocycles. The van der Waals surface area contributed by atoms with Gasteiger partial charge in [0.2, 0.25) is 0 Å². The van der Waals surface area contributed by atoms with Crippen molar-refractivity contribution in [1.29, 1.82) is 0 Å². The van der Waals surface area contributed by atoms with Gasteiger partial charge in [-0.2, -0.15) is 0 Å². The fourth-order valence-electron chi connectivity index (χ4n) is 5.28. The van der Waals surface area contributed by atoms with E-state index in [1.54, 1.807) is 18.9 Å². The first-order valence-electron chi connectivity index (χ1n) is 13.9. The summed E-state index contributed by atoms with van der Waals surface area (Å²) in [4.78, 5) is 11.2. The molecule has 1 aliphatic heterocycles. The molecule has 35 heavy (non-hydrogen) atoms. The third-order valence-corrected chi connectivity index (χ3v) is 7.95. The normalized spacial score (nSPS) is 19.3. The van der Waals surface area contributed by atoms with Gasteiger partial charge in [0.1, 0.15) is 10.8 Å². The van der Waals surface area contributed by atoms with Crippen LogP contribution in [0, 0.1) is 17.8 Å². The third-order valence-electron chi connectivity index (χ3n) is 6.99. The van der Waals surface area contributed by atoms with Crippen LogP contribution in [0.5, 0.6) is 5.75 Å². The summed E-state index contributed by atoms with van der Waals surface area (Å²) in [6.45, 7) is 24.3. The number of anilines is 1. The lowest BCUT2D eigenvalue weighted by Crippen LogP contribution is -2.42. The Balaban J connectivity index is 2.22. The maximum absolute atomic E-state index is 5.79. The molecule has 0 saturated carbocycles. The van der Waals surface area contributed by atoms with Crippen molar-refractivity contribution in [2.24, 2.45) is 22.7 Å². The summed E-state index contributed by atoms with van der Waals surface area (Å²) in [7, 11) is 1.76. The van der Waals surface area contributed by atoms with Gasteiger partial charge in [-0.25, -0.2) is 0 Å². The van der Waals surface area contributed by atoms with Gasteiger partial charge in [-0.15, -0.1) is 0 Å². The van der Waals surface area contributed by atoms with Crippen LogP contribution in [0.25, 0.3) is 0 Å². The average Bonchev–Trinajstić information content (AvgIpc) is 2.83. The van der Waals surface area contributed by atoms with Crippen molar-refractivity contribution in [3.05, 3.63) is 35.2 Å². The quantitative estimate of drug-likeness (QED) is 0.193. The number of nitrogens with zero attached hydrogens (tertiary/aromatic N) is 3. The molecule has 0 amide bonds. The number of aliphatic imine (C=N–C) groups is 1. The number of benzene rings is 1. The molecular weight excluding hydrogens is 450 g/mol. The molecule has 2 unspecified atom stereocenters. The molecular formula is C30H51N3OS. The Labute approximate surface area is 220 Å². The molecule has 0 aliphatic carbocycles. The second-order valence-electron chi connectivity index (χ2n) is 10.4. The molecule has 0 aromatic heterocycles. The third kappa shape index (κ3) is 9.17. The van der Waals surface area contributed by atoms with Crippen molar-refractivity contribution in [2.45, 2.75) is 73.6 Å². The minimum atomic E-state index is 0.733. The van der Waals surface area contributed by atoms with Crippen LogP contribution >= 0.6 is 11.8 Å². The number of piperidine rings is 1. The number of methoxy groups -OCH3 is 1. The molecule has 5 heteroatoms. The highest BCUT2D eigenvalue weighted by Gasteiger charge is 2.29. The zero-order chi connectivity index (χ0) is 25.8. The largest absolute Gasteiger partial charge is 0.496 e. The Morgan fingerprint density at radius 3 is 2.43 bits per heavy atom. The minimum absolute atomic E-state index is 0.733. The van der Waals surface area contributed by atoms with E-state index in [0.29, 0.717) is 0 Å². The van der Waals surface area contributed by atoms with Crippen LogP contribution in [0.4, 0.5) is 5.69 Å². The maximum Gasteiger partial charge on any atom is 0.128 e. The summed E-state index contributed by atoms with van der Waals surface area (Å²) in [5, 5.41) is 1.02. The first kappa shape index (κ1) is 29.8. The van der Waals surface area contributed by atoms with Gasteiger partial charge in [0.05, 0.1) is 12.7 Å². The first-order valence-corrected chi connectivity index (χ1v) is 14.7. The highest BCUT2D eigenvalue weighted by Crippen LogP contribution is 2.34. The summed E-state index contributed by atoms with van der Waals surface area (Å²) in [5.74, 6) is 3.20. The van der Waals surface area contributed by atoms with Gasteiger partial charge in [-0.3, -0.25) is 9.89 Å². The van der Waals surface area contributed by atoms with E-state index in [1.165, 1.54) is 42.9 Å². The van der Waals surface area contributed by atoms with Crippen LogP contribution in [0.2, 0.25) is 0 Å². The SMILES string of the molecule is C=C(CN1CC(CCC)CC(C(C)C)C1)SC(=NCC)c1cc(N(CCC)CCC)ccc1OC. The molecule has 0 bridgehead atoms.